The molecule has 0 atom stereocenters. The van der Waals surface area contributed by atoms with E-state index in [0.717, 1.165) is 17.2 Å². The predicted molar refractivity (Wildman–Crippen MR) is 53.4 cm³/mol. The van der Waals surface area contributed by atoms with E-state index in [2.05, 4.69) is 27.1 Å². The molecule has 13 heavy (non-hydrogen) atoms. The lowest BCUT2D eigenvalue weighted by Gasteiger charge is -2.04. The molecular formula is C10H13N3. The number of hydrogen-bond acceptors (Lipinski definition) is 3. The summed E-state index contributed by atoms with van der Waals surface area (Å²) in [6.45, 7) is 6.28. The SMILES string of the molecule is CC#CCNc1nc(C)cnc1C. The van der Waals surface area contributed by atoms with E-state index in [1.54, 1.807) is 6.20 Å². The van der Waals surface area contributed by atoms with Crippen LogP contribution in [0.5, 0.6) is 0 Å². The largest absolute Gasteiger partial charge is 0.358 e. The maximum Gasteiger partial charge on any atom is 0.148 e. The summed E-state index contributed by atoms with van der Waals surface area (Å²) in [7, 11) is 0. The average Bonchev–Trinajstić information content (AvgIpc) is 2.11. The van der Waals surface area contributed by atoms with Crippen LogP contribution < -0.4 is 5.32 Å². The normalized spacial score (nSPS) is 8.85. The van der Waals surface area contributed by atoms with Crippen molar-refractivity contribution in [1.82, 2.24) is 9.97 Å². The Morgan fingerprint density at radius 1 is 1.46 bits per heavy atom. The molecule has 0 saturated carbocycles. The Kier molecular flexibility index (Phi) is 3.27. The molecule has 0 unspecified atom stereocenters. The monoisotopic (exact) mass is 175 g/mol. The molecule has 3 nitrogen and oxygen atoms in total. The quantitative estimate of drug-likeness (QED) is 0.693. The number of hydrogen-bond donors (Lipinski definition) is 1. The highest BCUT2D eigenvalue weighted by Gasteiger charge is 1.98. The van der Waals surface area contributed by atoms with Crippen molar-refractivity contribution in [3.8, 4) is 11.8 Å². The maximum absolute atomic E-state index is 4.30. The van der Waals surface area contributed by atoms with E-state index in [0.29, 0.717) is 6.54 Å². The van der Waals surface area contributed by atoms with Crippen LogP contribution in [0.1, 0.15) is 18.3 Å². The number of aromatic nitrogens is 2. The van der Waals surface area contributed by atoms with Crippen molar-refractivity contribution < 1.29 is 0 Å². The zero-order valence-electron chi connectivity index (χ0n) is 8.18. The number of nitrogens with zero attached hydrogens (tertiary/aromatic N) is 2. The first kappa shape index (κ1) is 9.53. The molecule has 0 aliphatic carbocycles. The highest BCUT2D eigenvalue weighted by molar-refractivity contribution is 5.40. The van der Waals surface area contributed by atoms with Crippen molar-refractivity contribution in [1.29, 1.82) is 0 Å². The van der Waals surface area contributed by atoms with Gasteiger partial charge in [-0.3, -0.25) is 4.98 Å². The Balaban J connectivity index is 2.73. The first-order valence-electron chi connectivity index (χ1n) is 4.17. The van der Waals surface area contributed by atoms with Gasteiger partial charge in [0.05, 0.1) is 17.9 Å². The molecule has 0 aliphatic heterocycles. The van der Waals surface area contributed by atoms with Gasteiger partial charge in [0.2, 0.25) is 0 Å². The summed E-state index contributed by atoms with van der Waals surface area (Å²) in [5.41, 5.74) is 1.82. The van der Waals surface area contributed by atoms with E-state index in [4.69, 9.17) is 0 Å². The number of anilines is 1. The summed E-state index contributed by atoms with van der Waals surface area (Å²) in [5.74, 6) is 6.55. The van der Waals surface area contributed by atoms with Gasteiger partial charge in [-0.2, -0.15) is 0 Å². The lowest BCUT2D eigenvalue weighted by atomic mass is 10.4. The van der Waals surface area contributed by atoms with Gasteiger partial charge in [-0.25, -0.2) is 4.98 Å². The zero-order chi connectivity index (χ0) is 9.68. The summed E-state index contributed by atoms with van der Waals surface area (Å²) in [6.07, 6.45) is 1.76. The second kappa shape index (κ2) is 4.46. The molecule has 0 aromatic carbocycles. The van der Waals surface area contributed by atoms with Crippen molar-refractivity contribution in [2.75, 3.05) is 11.9 Å². The Morgan fingerprint density at radius 3 is 2.92 bits per heavy atom. The van der Waals surface area contributed by atoms with E-state index in [1.807, 2.05) is 20.8 Å². The molecule has 0 spiro atoms. The van der Waals surface area contributed by atoms with Crippen molar-refractivity contribution >= 4 is 5.82 Å². The van der Waals surface area contributed by atoms with Crippen LogP contribution in [0.3, 0.4) is 0 Å². The molecule has 3 heteroatoms. The van der Waals surface area contributed by atoms with Gasteiger partial charge in [0, 0.05) is 6.20 Å². The number of aryl methyl sites for hydroxylation is 2. The minimum atomic E-state index is 0.621. The van der Waals surface area contributed by atoms with Gasteiger partial charge < -0.3 is 5.32 Å². The summed E-state index contributed by atoms with van der Waals surface area (Å²) in [5, 5.41) is 3.11. The molecule has 1 aromatic heterocycles. The molecule has 0 bridgehead atoms. The minimum Gasteiger partial charge on any atom is -0.358 e. The number of rotatable bonds is 2. The third-order valence-electron chi connectivity index (χ3n) is 1.60. The van der Waals surface area contributed by atoms with Crippen LogP contribution in [-0.2, 0) is 0 Å². The summed E-state index contributed by atoms with van der Waals surface area (Å²) in [4.78, 5) is 8.49. The van der Waals surface area contributed by atoms with Gasteiger partial charge in [-0.1, -0.05) is 5.92 Å². The summed E-state index contributed by atoms with van der Waals surface area (Å²) < 4.78 is 0. The summed E-state index contributed by atoms with van der Waals surface area (Å²) in [6, 6.07) is 0. The molecule has 68 valence electrons. The van der Waals surface area contributed by atoms with Crippen LogP contribution in [0, 0.1) is 25.7 Å². The smallest absolute Gasteiger partial charge is 0.148 e. The fraction of sp³-hybridized carbons (Fsp3) is 0.400. The topological polar surface area (TPSA) is 37.8 Å². The van der Waals surface area contributed by atoms with Gasteiger partial charge in [-0.15, -0.1) is 5.92 Å². The van der Waals surface area contributed by atoms with E-state index in [9.17, 15) is 0 Å². The molecule has 0 aliphatic rings. The minimum absolute atomic E-state index is 0.621. The van der Waals surface area contributed by atoms with Gasteiger partial charge in [0.1, 0.15) is 5.82 Å². The molecule has 0 saturated heterocycles. The Hall–Kier alpha value is -1.56. The van der Waals surface area contributed by atoms with E-state index in [-0.39, 0.29) is 0 Å². The van der Waals surface area contributed by atoms with Crippen LogP contribution >= 0.6 is 0 Å². The lowest BCUT2D eigenvalue weighted by molar-refractivity contribution is 1.05. The first-order valence-corrected chi connectivity index (χ1v) is 4.17. The van der Waals surface area contributed by atoms with Crippen molar-refractivity contribution in [3.05, 3.63) is 17.6 Å². The molecule has 1 rings (SSSR count). The molecule has 0 amide bonds. The summed E-state index contributed by atoms with van der Waals surface area (Å²) >= 11 is 0. The molecule has 1 N–H and O–H groups in total. The van der Waals surface area contributed by atoms with Crippen molar-refractivity contribution in [2.24, 2.45) is 0 Å². The Labute approximate surface area is 78.6 Å². The third kappa shape index (κ3) is 2.75. The Bertz CT molecular complexity index is 347. The van der Waals surface area contributed by atoms with Crippen LogP contribution in [0.4, 0.5) is 5.82 Å². The highest BCUT2D eigenvalue weighted by atomic mass is 15.0. The van der Waals surface area contributed by atoms with Crippen LogP contribution in [0.25, 0.3) is 0 Å². The third-order valence-corrected chi connectivity index (χ3v) is 1.60. The zero-order valence-corrected chi connectivity index (χ0v) is 8.18. The van der Waals surface area contributed by atoms with Gasteiger partial charge in [0.15, 0.2) is 0 Å². The highest BCUT2D eigenvalue weighted by Crippen LogP contribution is 2.07. The van der Waals surface area contributed by atoms with Gasteiger partial charge >= 0.3 is 0 Å². The fourth-order valence-electron chi connectivity index (χ4n) is 0.921. The lowest BCUT2D eigenvalue weighted by Crippen LogP contribution is -2.05. The van der Waals surface area contributed by atoms with Gasteiger partial charge in [-0.05, 0) is 20.8 Å². The van der Waals surface area contributed by atoms with E-state index in [1.165, 1.54) is 0 Å². The maximum atomic E-state index is 4.30. The van der Waals surface area contributed by atoms with E-state index >= 15 is 0 Å². The van der Waals surface area contributed by atoms with E-state index < -0.39 is 0 Å². The van der Waals surface area contributed by atoms with Crippen LogP contribution in [-0.4, -0.2) is 16.5 Å². The fourth-order valence-corrected chi connectivity index (χ4v) is 0.921. The first-order chi connectivity index (χ1) is 6.24. The van der Waals surface area contributed by atoms with Gasteiger partial charge in [0.25, 0.3) is 0 Å². The standard InChI is InChI=1S/C10H13N3/c1-4-5-6-11-10-9(3)12-7-8(2)13-10/h7H,6H2,1-3H3,(H,11,13). The predicted octanol–water partition coefficient (Wildman–Crippen LogP) is 1.53. The van der Waals surface area contributed by atoms with Crippen LogP contribution in [0.2, 0.25) is 0 Å². The Morgan fingerprint density at radius 2 is 2.23 bits per heavy atom. The van der Waals surface area contributed by atoms with Crippen LogP contribution in [0.15, 0.2) is 6.20 Å². The molecule has 0 fully saturated rings. The molecular weight excluding hydrogens is 162 g/mol. The number of nitrogens with one attached hydrogen (secondary N) is 1. The molecule has 1 aromatic rings. The second-order valence-corrected chi connectivity index (χ2v) is 2.73. The second-order valence-electron chi connectivity index (χ2n) is 2.73. The molecule has 1 heterocycles. The van der Waals surface area contributed by atoms with Crippen molar-refractivity contribution in [2.45, 2.75) is 20.8 Å². The average molecular weight is 175 g/mol. The molecule has 0 radical (unpaired) electrons. The van der Waals surface area contributed by atoms with Crippen molar-refractivity contribution in [3.63, 3.8) is 0 Å².